The van der Waals surface area contributed by atoms with Gasteiger partial charge in [0.25, 0.3) is 0 Å². The van der Waals surface area contributed by atoms with Gasteiger partial charge < -0.3 is 0 Å². The van der Waals surface area contributed by atoms with Gasteiger partial charge in [-0.3, -0.25) is 9.36 Å². The van der Waals surface area contributed by atoms with Crippen LogP contribution in [0.5, 0.6) is 0 Å². The number of halogens is 1. The van der Waals surface area contributed by atoms with Crippen LogP contribution in [0.1, 0.15) is 46.1 Å². The summed E-state index contributed by atoms with van der Waals surface area (Å²) in [6, 6.07) is 4.04. The predicted molar refractivity (Wildman–Crippen MR) is 109 cm³/mol. The summed E-state index contributed by atoms with van der Waals surface area (Å²) >= 11 is 1.19. The van der Waals surface area contributed by atoms with Crippen molar-refractivity contribution in [2.24, 2.45) is 0 Å². The Labute approximate surface area is 172 Å². The first-order valence-electron chi connectivity index (χ1n) is 9.52. The fraction of sp³-hybridized carbons (Fsp3) is 0.450. The minimum Gasteiger partial charge on any atom is -0.293 e. The monoisotopic (exact) mass is 436 g/mol. The molecule has 6 nitrogen and oxygen atoms in total. The molecule has 4 rings (SSSR count). The maximum Gasteiger partial charge on any atom is 0.349 e. The van der Waals surface area contributed by atoms with E-state index in [9.17, 15) is 22.4 Å². The number of ketones is 1. The summed E-state index contributed by atoms with van der Waals surface area (Å²) in [7, 11) is -3.11. The van der Waals surface area contributed by atoms with Crippen LogP contribution in [0, 0.1) is 12.7 Å². The molecule has 2 aromatic rings. The predicted octanol–water partition coefficient (Wildman–Crippen LogP) is 2.51. The third kappa shape index (κ3) is 4.02. The number of fused-ring (bicyclic) bond motifs is 1. The molecule has 1 atom stereocenters. The van der Waals surface area contributed by atoms with E-state index < -0.39 is 21.3 Å². The van der Waals surface area contributed by atoms with Gasteiger partial charge in [0, 0.05) is 16.8 Å². The van der Waals surface area contributed by atoms with Gasteiger partial charge in [-0.1, -0.05) is 23.9 Å². The van der Waals surface area contributed by atoms with Gasteiger partial charge in [0.15, 0.2) is 15.6 Å². The quantitative estimate of drug-likeness (QED) is 0.407. The number of hydrogen-bond donors (Lipinski definition) is 0. The second-order valence-corrected chi connectivity index (χ2v) is 10.8. The van der Waals surface area contributed by atoms with Gasteiger partial charge >= 0.3 is 5.69 Å². The Bertz CT molecular complexity index is 1160. The topological polar surface area (TPSA) is 86.1 Å². The summed E-state index contributed by atoms with van der Waals surface area (Å²) < 4.78 is 39.0. The third-order valence-electron chi connectivity index (χ3n) is 5.55. The van der Waals surface area contributed by atoms with Crippen molar-refractivity contribution in [1.29, 1.82) is 0 Å². The number of benzene rings is 1. The Balaban J connectivity index is 1.58. The normalized spacial score (nSPS) is 20.0. The molecule has 1 fully saturated rings. The Morgan fingerprint density at radius 3 is 2.83 bits per heavy atom. The maximum absolute atomic E-state index is 13.7. The van der Waals surface area contributed by atoms with E-state index in [-0.39, 0.29) is 29.1 Å². The summed E-state index contributed by atoms with van der Waals surface area (Å²) in [6.07, 6.45) is 2.75. The number of thioether (sulfide) groups is 1. The number of rotatable bonds is 5. The molecule has 2 heterocycles. The average Bonchev–Trinajstić information content (AvgIpc) is 3.28. The average molecular weight is 437 g/mol. The Morgan fingerprint density at radius 1 is 1.34 bits per heavy atom. The van der Waals surface area contributed by atoms with Crippen molar-refractivity contribution in [3.8, 4) is 0 Å². The Kier molecular flexibility index (Phi) is 5.37. The molecule has 1 aromatic heterocycles. The van der Waals surface area contributed by atoms with Crippen molar-refractivity contribution in [3.05, 3.63) is 56.9 Å². The standard InChI is InChI=1S/C20H21FN2O4S2/c1-12-5-6-13(9-16(12)21)18(24)10-28-19-15-3-2-4-17(15)23(20(25)22-19)14-7-8-29(26,27)11-14/h5-6,9,14H,2-4,7-8,10-11H2,1H3. The lowest BCUT2D eigenvalue weighted by Gasteiger charge is -2.18. The van der Waals surface area contributed by atoms with Crippen LogP contribution >= 0.6 is 11.8 Å². The van der Waals surface area contributed by atoms with Crippen LogP contribution in [0.2, 0.25) is 0 Å². The third-order valence-corrected chi connectivity index (χ3v) is 8.32. The van der Waals surface area contributed by atoms with Crippen LogP contribution in [-0.4, -0.2) is 41.0 Å². The van der Waals surface area contributed by atoms with Crippen LogP contribution < -0.4 is 5.69 Å². The minimum absolute atomic E-state index is 0.0228. The van der Waals surface area contributed by atoms with E-state index in [1.165, 1.54) is 17.8 Å². The van der Waals surface area contributed by atoms with Gasteiger partial charge in [-0.25, -0.2) is 17.6 Å². The highest BCUT2D eigenvalue weighted by molar-refractivity contribution is 8.00. The Hall–Kier alpha value is -2.00. The van der Waals surface area contributed by atoms with Crippen molar-refractivity contribution in [2.45, 2.75) is 43.7 Å². The number of aromatic nitrogens is 2. The van der Waals surface area contributed by atoms with Gasteiger partial charge in [0.1, 0.15) is 10.8 Å². The molecule has 0 spiro atoms. The van der Waals surface area contributed by atoms with E-state index in [1.54, 1.807) is 23.6 Å². The number of carbonyl (C=O) groups is 1. The number of nitrogens with zero attached hydrogens (tertiary/aromatic N) is 2. The molecule has 1 unspecified atom stereocenters. The van der Waals surface area contributed by atoms with Crippen molar-refractivity contribution in [1.82, 2.24) is 9.55 Å². The molecule has 2 aliphatic rings. The van der Waals surface area contributed by atoms with E-state index in [2.05, 4.69) is 4.98 Å². The van der Waals surface area contributed by atoms with E-state index in [0.29, 0.717) is 29.0 Å². The lowest BCUT2D eigenvalue weighted by molar-refractivity contribution is 0.102. The zero-order chi connectivity index (χ0) is 20.8. The summed E-state index contributed by atoms with van der Waals surface area (Å²) in [6.45, 7) is 1.64. The SMILES string of the molecule is Cc1ccc(C(=O)CSc2nc(=O)n(C3CCS(=O)(=O)C3)c3c2CCC3)cc1F. The van der Waals surface area contributed by atoms with Crippen LogP contribution in [0.4, 0.5) is 4.39 Å². The zero-order valence-electron chi connectivity index (χ0n) is 16.0. The molecule has 1 aliphatic carbocycles. The van der Waals surface area contributed by atoms with Crippen molar-refractivity contribution in [3.63, 3.8) is 0 Å². The molecule has 1 aliphatic heterocycles. The second kappa shape index (κ2) is 7.68. The summed E-state index contributed by atoms with van der Waals surface area (Å²) in [5.41, 5.74) is 2.10. The highest BCUT2D eigenvalue weighted by atomic mass is 32.2. The molecule has 0 N–H and O–H groups in total. The maximum atomic E-state index is 13.7. The molecular formula is C20H21FN2O4S2. The molecule has 0 bridgehead atoms. The molecule has 1 aromatic carbocycles. The van der Waals surface area contributed by atoms with Crippen LogP contribution in [-0.2, 0) is 22.7 Å². The van der Waals surface area contributed by atoms with Crippen molar-refractivity contribution >= 4 is 27.4 Å². The highest BCUT2D eigenvalue weighted by Gasteiger charge is 2.33. The Morgan fingerprint density at radius 2 is 2.14 bits per heavy atom. The first kappa shape index (κ1) is 20.3. The highest BCUT2D eigenvalue weighted by Crippen LogP contribution is 2.33. The number of sulfone groups is 1. The smallest absolute Gasteiger partial charge is 0.293 e. The molecule has 0 radical (unpaired) electrons. The molecule has 9 heteroatoms. The van der Waals surface area contributed by atoms with E-state index in [1.807, 2.05) is 0 Å². The summed E-state index contributed by atoms with van der Waals surface area (Å²) in [4.78, 5) is 29.3. The fourth-order valence-electron chi connectivity index (χ4n) is 4.01. The van der Waals surface area contributed by atoms with Crippen molar-refractivity contribution in [2.75, 3.05) is 17.3 Å². The molecule has 0 saturated carbocycles. The molecular weight excluding hydrogens is 415 g/mol. The van der Waals surface area contributed by atoms with E-state index >= 15 is 0 Å². The largest absolute Gasteiger partial charge is 0.349 e. The molecule has 1 saturated heterocycles. The summed E-state index contributed by atoms with van der Waals surface area (Å²) in [5.74, 6) is -0.520. The summed E-state index contributed by atoms with van der Waals surface area (Å²) in [5, 5.41) is 0.528. The zero-order valence-corrected chi connectivity index (χ0v) is 17.6. The van der Waals surface area contributed by atoms with Gasteiger partial charge in [-0.15, -0.1) is 0 Å². The van der Waals surface area contributed by atoms with E-state index in [0.717, 1.165) is 24.1 Å². The first-order chi connectivity index (χ1) is 13.7. The van der Waals surface area contributed by atoms with Gasteiger partial charge in [0.2, 0.25) is 0 Å². The van der Waals surface area contributed by atoms with Crippen LogP contribution in [0.15, 0.2) is 28.0 Å². The molecule has 0 amide bonds. The van der Waals surface area contributed by atoms with Gasteiger partial charge in [-0.2, -0.15) is 4.98 Å². The number of hydrogen-bond acceptors (Lipinski definition) is 6. The van der Waals surface area contributed by atoms with Crippen LogP contribution in [0.3, 0.4) is 0 Å². The number of aryl methyl sites for hydroxylation is 1. The lowest BCUT2D eigenvalue weighted by Crippen LogP contribution is -2.31. The first-order valence-corrected chi connectivity index (χ1v) is 12.3. The van der Waals surface area contributed by atoms with Gasteiger partial charge in [0.05, 0.1) is 23.3 Å². The number of carbonyl (C=O) groups excluding carboxylic acids is 1. The van der Waals surface area contributed by atoms with E-state index in [4.69, 9.17) is 0 Å². The number of Topliss-reactive ketones (excluding diaryl/α,β-unsaturated/α-hetero) is 1. The fourth-order valence-corrected chi connectivity index (χ4v) is 6.68. The van der Waals surface area contributed by atoms with Crippen molar-refractivity contribution < 1.29 is 17.6 Å². The van der Waals surface area contributed by atoms with Crippen LogP contribution in [0.25, 0.3) is 0 Å². The van der Waals surface area contributed by atoms with Gasteiger partial charge in [-0.05, 0) is 44.2 Å². The molecule has 29 heavy (non-hydrogen) atoms. The minimum atomic E-state index is -3.11. The second-order valence-electron chi connectivity index (χ2n) is 7.58. The lowest BCUT2D eigenvalue weighted by atomic mass is 10.1. The molecule has 154 valence electrons.